The van der Waals surface area contributed by atoms with E-state index >= 15 is 0 Å². The fourth-order valence-corrected chi connectivity index (χ4v) is 15.2. The van der Waals surface area contributed by atoms with E-state index in [1.807, 2.05) is 0 Å². The second-order valence-corrected chi connectivity index (χ2v) is 24.9. The summed E-state index contributed by atoms with van der Waals surface area (Å²) >= 11 is 0. The highest BCUT2D eigenvalue weighted by Gasteiger charge is 2.43. The molecule has 0 fully saturated rings. The highest BCUT2D eigenvalue weighted by molar-refractivity contribution is 6.13. The van der Waals surface area contributed by atoms with Crippen LogP contribution in [0.1, 0.15) is 137 Å². The molecule has 3 aliphatic rings. The van der Waals surface area contributed by atoms with Crippen LogP contribution in [-0.4, -0.2) is 9.13 Å². The SMILES string of the molecule is CCCCCCCCC1(CCCCCCCC)c2cc(-c3ccc(-n4c5ccc(-c6ccc7c(c6)CC7)cc5c5cc(-c6ccc7c(c6)c6ccccc6n7-c6ccccc6)ccc54)cc3)ccc2-c2ccc(-c3ccc4c(c3)CC4)cc21. The Morgan fingerprint density at radius 2 is 0.663 bits per heavy atom. The molecule has 0 N–H and O–H groups in total. The summed E-state index contributed by atoms with van der Waals surface area (Å²) in [4.78, 5) is 0. The number of benzene rings is 10. The average molecular weight is 1080 g/mol. The third-order valence-corrected chi connectivity index (χ3v) is 19.9. The van der Waals surface area contributed by atoms with Gasteiger partial charge in [-0.2, -0.15) is 0 Å². The molecule has 2 aromatic heterocycles. The molecule has 3 aliphatic carbocycles. The molecular weight excluding hydrogens is 1000 g/mol. The van der Waals surface area contributed by atoms with Crippen LogP contribution >= 0.6 is 0 Å². The molecule has 0 amide bonds. The van der Waals surface area contributed by atoms with Gasteiger partial charge < -0.3 is 9.13 Å². The zero-order valence-electron chi connectivity index (χ0n) is 48.8. The molecule has 10 aromatic carbocycles. The lowest BCUT2D eigenvalue weighted by atomic mass is 9.70. The van der Waals surface area contributed by atoms with Crippen LogP contribution in [0.25, 0.3) is 111 Å². The minimum absolute atomic E-state index is 0.0139. The molecular formula is C81H76N2. The van der Waals surface area contributed by atoms with Crippen molar-refractivity contribution in [1.29, 1.82) is 0 Å². The number of rotatable bonds is 20. The zero-order chi connectivity index (χ0) is 55.4. The van der Waals surface area contributed by atoms with Gasteiger partial charge in [-0.15, -0.1) is 0 Å². The van der Waals surface area contributed by atoms with Crippen LogP contribution in [0.15, 0.2) is 206 Å². The van der Waals surface area contributed by atoms with Gasteiger partial charge in [-0.3, -0.25) is 0 Å². The molecule has 2 heteroatoms. The monoisotopic (exact) mass is 1080 g/mol. The van der Waals surface area contributed by atoms with E-state index < -0.39 is 0 Å². The fourth-order valence-electron chi connectivity index (χ4n) is 15.2. The van der Waals surface area contributed by atoms with Crippen LogP contribution in [0.4, 0.5) is 0 Å². The summed E-state index contributed by atoms with van der Waals surface area (Å²) < 4.78 is 4.92. The second-order valence-electron chi connectivity index (χ2n) is 24.9. The highest BCUT2D eigenvalue weighted by Crippen LogP contribution is 2.56. The van der Waals surface area contributed by atoms with E-state index in [-0.39, 0.29) is 5.41 Å². The number of aryl methyl sites for hydroxylation is 4. The Morgan fingerprint density at radius 1 is 0.289 bits per heavy atom. The molecule has 0 radical (unpaired) electrons. The van der Waals surface area contributed by atoms with Crippen molar-refractivity contribution >= 4 is 43.6 Å². The van der Waals surface area contributed by atoms with Crippen molar-refractivity contribution < 1.29 is 0 Å². The molecule has 2 nitrogen and oxygen atoms in total. The summed E-state index contributed by atoms with van der Waals surface area (Å²) in [7, 11) is 0. The van der Waals surface area contributed by atoms with Gasteiger partial charge in [0, 0.05) is 38.3 Å². The Morgan fingerprint density at radius 3 is 1.16 bits per heavy atom. The first kappa shape index (κ1) is 51.7. The van der Waals surface area contributed by atoms with Crippen LogP contribution in [0, 0.1) is 0 Å². The van der Waals surface area contributed by atoms with Crippen molar-refractivity contribution in [3.63, 3.8) is 0 Å². The largest absolute Gasteiger partial charge is 0.309 e. The molecule has 0 bridgehead atoms. The third-order valence-electron chi connectivity index (χ3n) is 19.9. The normalized spacial score (nSPS) is 13.8. The summed E-state index contributed by atoms with van der Waals surface area (Å²) in [5.74, 6) is 0. The average Bonchev–Trinajstić information content (AvgIpc) is 2.78. The molecule has 15 rings (SSSR count). The maximum absolute atomic E-state index is 2.64. The fraction of sp³-hybridized carbons (Fsp3) is 0.259. The minimum atomic E-state index is -0.0139. The molecule has 12 aromatic rings. The lowest BCUT2D eigenvalue weighted by Gasteiger charge is -2.33. The van der Waals surface area contributed by atoms with E-state index in [1.54, 1.807) is 11.1 Å². The maximum atomic E-state index is 2.64. The van der Waals surface area contributed by atoms with E-state index in [9.17, 15) is 0 Å². The van der Waals surface area contributed by atoms with E-state index in [4.69, 9.17) is 0 Å². The Labute approximate surface area is 491 Å². The van der Waals surface area contributed by atoms with Crippen LogP contribution in [-0.2, 0) is 31.1 Å². The van der Waals surface area contributed by atoms with Gasteiger partial charge in [0.05, 0.1) is 22.1 Å². The Kier molecular flexibility index (Phi) is 13.6. The van der Waals surface area contributed by atoms with E-state index in [1.165, 1.54) is 248 Å². The van der Waals surface area contributed by atoms with Gasteiger partial charge in [0.25, 0.3) is 0 Å². The number of hydrogen-bond donors (Lipinski definition) is 0. The number of hydrogen-bond acceptors (Lipinski definition) is 0. The Bertz CT molecular complexity index is 4390. The van der Waals surface area contributed by atoms with Crippen LogP contribution in [0.5, 0.6) is 0 Å². The quantitative estimate of drug-likeness (QED) is 0.0673. The van der Waals surface area contributed by atoms with Crippen molar-refractivity contribution in [3.8, 4) is 67.0 Å². The predicted molar refractivity (Wildman–Crippen MR) is 354 cm³/mol. The predicted octanol–water partition coefficient (Wildman–Crippen LogP) is 22.5. The number of nitrogens with zero attached hydrogens (tertiary/aromatic N) is 2. The van der Waals surface area contributed by atoms with Crippen LogP contribution in [0.3, 0.4) is 0 Å². The van der Waals surface area contributed by atoms with E-state index in [0.29, 0.717) is 0 Å². The standard InChI is InChI=1S/C81H76N2/c1-3-5-7-9-11-18-46-81(47-19-12-10-8-6-4-2)75-53-65(34-41-69(75)70-42-35-66(54-76(70)81)61-31-27-56-25-29-59(56)49-61)57-32-39-68(40-33-57)83-79-44-36-62(60-30-26-55-24-28-58(55)48-60)51-73(79)74-52-64(38-45-80(74)83)63-37-43-78-72(50-63)71-22-16-17-23-77(71)82(78)67-20-14-13-15-21-67/h13-17,20-23,26-27,30-45,48-54H,3-12,18-19,24-25,28-29,46-47H2,1-2H3. The van der Waals surface area contributed by atoms with Gasteiger partial charge in [0.1, 0.15) is 0 Å². The first-order chi connectivity index (χ1) is 41.0. The molecule has 2 heterocycles. The van der Waals surface area contributed by atoms with E-state index in [0.717, 1.165) is 0 Å². The number of unbranched alkanes of at least 4 members (excludes halogenated alkanes) is 10. The second kappa shape index (κ2) is 21.8. The number of fused-ring (bicyclic) bond motifs is 11. The third kappa shape index (κ3) is 9.16. The summed E-state index contributed by atoms with van der Waals surface area (Å²) in [6, 6.07) is 80.1. The molecule has 0 atom stereocenters. The number of para-hydroxylation sites is 2. The van der Waals surface area contributed by atoms with Gasteiger partial charge >= 0.3 is 0 Å². The molecule has 410 valence electrons. The van der Waals surface area contributed by atoms with Crippen molar-refractivity contribution in [1.82, 2.24) is 9.13 Å². The molecule has 0 unspecified atom stereocenters. The van der Waals surface area contributed by atoms with Crippen molar-refractivity contribution in [3.05, 3.63) is 240 Å². The topological polar surface area (TPSA) is 9.86 Å². The van der Waals surface area contributed by atoms with Gasteiger partial charge in [-0.25, -0.2) is 0 Å². The molecule has 0 aliphatic heterocycles. The number of aromatic nitrogens is 2. The Hall–Kier alpha value is -8.20. The first-order valence-electron chi connectivity index (χ1n) is 31.9. The summed E-state index contributed by atoms with van der Waals surface area (Å²) in [6.45, 7) is 4.67. The van der Waals surface area contributed by atoms with Gasteiger partial charge in [-0.1, -0.05) is 218 Å². The highest BCUT2D eigenvalue weighted by atomic mass is 15.0. The lowest BCUT2D eigenvalue weighted by Crippen LogP contribution is -2.25. The molecule has 0 spiro atoms. The summed E-state index contributed by atoms with van der Waals surface area (Å²) in [6.07, 6.45) is 23.0. The van der Waals surface area contributed by atoms with Crippen molar-refractivity contribution in [2.24, 2.45) is 0 Å². The first-order valence-corrected chi connectivity index (χ1v) is 31.9. The smallest absolute Gasteiger partial charge is 0.0541 e. The zero-order valence-corrected chi connectivity index (χ0v) is 48.8. The van der Waals surface area contributed by atoms with Crippen LogP contribution in [0.2, 0.25) is 0 Å². The summed E-state index contributed by atoms with van der Waals surface area (Å²) in [5, 5.41) is 5.09. The van der Waals surface area contributed by atoms with Gasteiger partial charge in [-0.05, 0) is 206 Å². The minimum Gasteiger partial charge on any atom is -0.309 e. The van der Waals surface area contributed by atoms with Crippen molar-refractivity contribution in [2.45, 2.75) is 135 Å². The Balaban J connectivity index is 0.818. The summed E-state index contributed by atoms with van der Waals surface area (Å²) in [5.41, 5.74) is 29.8. The van der Waals surface area contributed by atoms with Gasteiger partial charge in [0.2, 0.25) is 0 Å². The molecule has 0 saturated heterocycles. The molecule has 83 heavy (non-hydrogen) atoms. The van der Waals surface area contributed by atoms with Crippen LogP contribution < -0.4 is 0 Å². The molecule has 0 saturated carbocycles. The van der Waals surface area contributed by atoms with Gasteiger partial charge in [0.15, 0.2) is 0 Å². The van der Waals surface area contributed by atoms with Crippen molar-refractivity contribution in [2.75, 3.05) is 0 Å². The maximum Gasteiger partial charge on any atom is 0.0541 e. The lowest BCUT2D eigenvalue weighted by molar-refractivity contribution is 0.398. The van der Waals surface area contributed by atoms with E-state index in [2.05, 4.69) is 229 Å².